The lowest BCUT2D eigenvalue weighted by Gasteiger charge is -2.35. The van der Waals surface area contributed by atoms with Crippen molar-refractivity contribution in [3.8, 4) is 0 Å². The van der Waals surface area contributed by atoms with Gasteiger partial charge >= 0.3 is 0 Å². The van der Waals surface area contributed by atoms with Crippen molar-refractivity contribution in [2.24, 2.45) is 7.05 Å². The lowest BCUT2D eigenvalue weighted by atomic mass is 10.2. The summed E-state index contributed by atoms with van der Waals surface area (Å²) >= 11 is 0. The van der Waals surface area contributed by atoms with Crippen LogP contribution in [-0.4, -0.2) is 64.0 Å². The first-order valence-corrected chi connectivity index (χ1v) is 7.45. The molecule has 0 saturated carbocycles. The Morgan fingerprint density at radius 3 is 2.71 bits per heavy atom. The van der Waals surface area contributed by atoms with Crippen molar-refractivity contribution in [1.29, 1.82) is 0 Å². The number of amides is 1. The summed E-state index contributed by atoms with van der Waals surface area (Å²) in [7, 11) is 2.02. The number of nitrogens with zero attached hydrogens (tertiary/aromatic N) is 4. The van der Waals surface area contributed by atoms with Gasteiger partial charge in [0.25, 0.3) is 0 Å². The average Bonchev–Trinajstić information content (AvgIpc) is 3.12. The number of nitrogens with one attached hydrogen (secondary N) is 1. The summed E-state index contributed by atoms with van der Waals surface area (Å²) in [5.74, 6) is 1.38. The van der Waals surface area contributed by atoms with E-state index in [9.17, 15) is 4.79 Å². The minimum atomic E-state index is 0. The maximum atomic E-state index is 12.3. The number of carbonyl (C=O) groups excluding carboxylic acids is 1. The predicted octanol–water partition coefficient (Wildman–Crippen LogP) is 0.238. The maximum absolute atomic E-state index is 12.3. The Morgan fingerprint density at radius 2 is 2.14 bits per heavy atom. The molecule has 118 valence electrons. The molecular formula is C14H24ClN5O. The van der Waals surface area contributed by atoms with Crippen LogP contribution in [0.1, 0.15) is 18.7 Å². The summed E-state index contributed by atoms with van der Waals surface area (Å²) in [6.45, 7) is 5.39. The highest BCUT2D eigenvalue weighted by atomic mass is 35.5. The van der Waals surface area contributed by atoms with Crippen molar-refractivity contribution >= 4 is 18.3 Å². The molecule has 1 aromatic heterocycles. The molecule has 2 aliphatic rings. The number of hydrogen-bond donors (Lipinski definition) is 1. The maximum Gasteiger partial charge on any atom is 0.239 e. The molecule has 0 aliphatic carbocycles. The van der Waals surface area contributed by atoms with Gasteiger partial charge in [-0.05, 0) is 19.4 Å². The van der Waals surface area contributed by atoms with Crippen LogP contribution < -0.4 is 5.32 Å². The average molecular weight is 314 g/mol. The van der Waals surface area contributed by atoms with E-state index in [1.165, 1.54) is 0 Å². The zero-order valence-corrected chi connectivity index (χ0v) is 13.3. The number of rotatable bonds is 3. The Hall–Kier alpha value is -1.11. The Bertz CT molecular complexity index is 464. The van der Waals surface area contributed by atoms with Gasteiger partial charge in [-0.25, -0.2) is 4.98 Å². The molecule has 2 fully saturated rings. The van der Waals surface area contributed by atoms with Gasteiger partial charge in [0, 0.05) is 45.6 Å². The van der Waals surface area contributed by atoms with Crippen LogP contribution in [0.15, 0.2) is 12.4 Å². The smallest absolute Gasteiger partial charge is 0.239 e. The van der Waals surface area contributed by atoms with Crippen LogP contribution in [0, 0.1) is 0 Å². The van der Waals surface area contributed by atoms with Crippen LogP contribution in [0.4, 0.5) is 0 Å². The fourth-order valence-corrected chi connectivity index (χ4v) is 2.99. The SMILES string of the molecule is Cl.Cn1ccnc1CN1CCN(C(=O)C2CCCN2)CC1. The Labute approximate surface area is 131 Å². The fourth-order valence-electron chi connectivity index (χ4n) is 2.99. The molecule has 1 atom stereocenters. The van der Waals surface area contributed by atoms with E-state index < -0.39 is 0 Å². The molecular weight excluding hydrogens is 290 g/mol. The Morgan fingerprint density at radius 1 is 1.38 bits per heavy atom. The molecule has 3 heterocycles. The van der Waals surface area contributed by atoms with Crippen LogP contribution >= 0.6 is 12.4 Å². The van der Waals surface area contributed by atoms with E-state index in [-0.39, 0.29) is 18.4 Å². The van der Waals surface area contributed by atoms with Crippen molar-refractivity contribution in [2.75, 3.05) is 32.7 Å². The summed E-state index contributed by atoms with van der Waals surface area (Å²) in [6, 6.07) is 0.0658. The number of carbonyl (C=O) groups is 1. The predicted molar refractivity (Wildman–Crippen MR) is 83.3 cm³/mol. The Balaban J connectivity index is 0.00000161. The summed E-state index contributed by atoms with van der Waals surface area (Å²) in [5, 5.41) is 3.29. The lowest BCUT2D eigenvalue weighted by Crippen LogP contribution is -2.52. The molecule has 1 aromatic rings. The molecule has 0 spiro atoms. The molecule has 7 heteroatoms. The molecule has 2 saturated heterocycles. The first-order valence-electron chi connectivity index (χ1n) is 7.45. The van der Waals surface area contributed by atoms with Gasteiger partial charge in [0.05, 0.1) is 12.6 Å². The number of piperazine rings is 1. The second kappa shape index (κ2) is 7.24. The molecule has 0 radical (unpaired) electrons. The van der Waals surface area contributed by atoms with Crippen molar-refractivity contribution in [1.82, 2.24) is 24.7 Å². The molecule has 21 heavy (non-hydrogen) atoms. The lowest BCUT2D eigenvalue weighted by molar-refractivity contribution is -0.134. The first kappa shape index (κ1) is 16.3. The third-order valence-electron chi connectivity index (χ3n) is 4.33. The van der Waals surface area contributed by atoms with Crippen LogP contribution in [0.5, 0.6) is 0 Å². The first-order chi connectivity index (χ1) is 9.74. The number of aryl methyl sites for hydroxylation is 1. The van der Waals surface area contributed by atoms with Crippen molar-refractivity contribution in [3.05, 3.63) is 18.2 Å². The fraction of sp³-hybridized carbons (Fsp3) is 0.714. The monoisotopic (exact) mass is 313 g/mol. The van der Waals surface area contributed by atoms with Crippen LogP contribution in [0.3, 0.4) is 0 Å². The van der Waals surface area contributed by atoms with Crippen LogP contribution in [-0.2, 0) is 18.4 Å². The minimum Gasteiger partial charge on any atom is -0.339 e. The van der Waals surface area contributed by atoms with E-state index >= 15 is 0 Å². The third kappa shape index (κ3) is 3.75. The summed E-state index contributed by atoms with van der Waals surface area (Å²) in [4.78, 5) is 21.0. The van der Waals surface area contributed by atoms with Crippen LogP contribution in [0.2, 0.25) is 0 Å². The van der Waals surface area contributed by atoms with Gasteiger partial charge in [-0.3, -0.25) is 9.69 Å². The van der Waals surface area contributed by atoms with E-state index in [4.69, 9.17) is 0 Å². The standard InChI is InChI=1S/C14H23N5O.ClH/c1-17-6-5-16-13(17)11-18-7-9-19(10-8-18)14(20)12-3-2-4-15-12;/h5-6,12,15H,2-4,7-11H2,1H3;1H. The number of halogens is 1. The zero-order chi connectivity index (χ0) is 13.9. The molecule has 1 amide bonds. The van der Waals surface area contributed by atoms with Gasteiger partial charge in [0.2, 0.25) is 5.91 Å². The van der Waals surface area contributed by atoms with Crippen LogP contribution in [0.25, 0.3) is 0 Å². The van der Waals surface area contributed by atoms with E-state index in [2.05, 4.69) is 19.8 Å². The highest BCUT2D eigenvalue weighted by molar-refractivity contribution is 5.85. The van der Waals surface area contributed by atoms with Gasteiger partial charge in [-0.1, -0.05) is 0 Å². The van der Waals surface area contributed by atoms with E-state index in [0.717, 1.165) is 57.9 Å². The molecule has 0 bridgehead atoms. The van der Waals surface area contributed by atoms with E-state index in [0.29, 0.717) is 5.91 Å². The highest BCUT2D eigenvalue weighted by Crippen LogP contribution is 2.12. The molecule has 3 rings (SSSR count). The summed E-state index contributed by atoms with van der Waals surface area (Å²) in [5.41, 5.74) is 0. The zero-order valence-electron chi connectivity index (χ0n) is 12.5. The number of aromatic nitrogens is 2. The van der Waals surface area contributed by atoms with Crippen molar-refractivity contribution < 1.29 is 4.79 Å². The summed E-state index contributed by atoms with van der Waals surface area (Å²) in [6.07, 6.45) is 5.92. The molecule has 1 N–H and O–H groups in total. The quantitative estimate of drug-likeness (QED) is 0.868. The minimum absolute atomic E-state index is 0. The topological polar surface area (TPSA) is 53.4 Å². The van der Waals surface area contributed by atoms with Gasteiger partial charge in [0.15, 0.2) is 0 Å². The number of hydrogen-bond acceptors (Lipinski definition) is 4. The van der Waals surface area contributed by atoms with Gasteiger partial charge in [-0.2, -0.15) is 0 Å². The number of imidazole rings is 1. The second-order valence-corrected chi connectivity index (χ2v) is 5.70. The van der Waals surface area contributed by atoms with Crippen molar-refractivity contribution in [3.63, 3.8) is 0 Å². The van der Waals surface area contributed by atoms with Gasteiger partial charge in [-0.15, -0.1) is 12.4 Å². The second-order valence-electron chi connectivity index (χ2n) is 5.70. The molecule has 0 aromatic carbocycles. The third-order valence-corrected chi connectivity index (χ3v) is 4.33. The van der Waals surface area contributed by atoms with E-state index in [1.807, 2.05) is 24.3 Å². The van der Waals surface area contributed by atoms with Gasteiger partial charge < -0.3 is 14.8 Å². The summed E-state index contributed by atoms with van der Waals surface area (Å²) < 4.78 is 2.06. The van der Waals surface area contributed by atoms with Crippen molar-refractivity contribution in [2.45, 2.75) is 25.4 Å². The molecule has 2 aliphatic heterocycles. The normalized spacial score (nSPS) is 23.1. The highest BCUT2D eigenvalue weighted by Gasteiger charge is 2.29. The van der Waals surface area contributed by atoms with Gasteiger partial charge in [0.1, 0.15) is 5.82 Å². The van der Waals surface area contributed by atoms with E-state index in [1.54, 1.807) is 0 Å². The Kier molecular flexibility index (Phi) is 5.61. The molecule has 1 unspecified atom stereocenters. The largest absolute Gasteiger partial charge is 0.339 e. The molecule has 6 nitrogen and oxygen atoms in total.